The third-order valence-electron chi connectivity index (χ3n) is 4.24. The van der Waals surface area contributed by atoms with Crippen LogP contribution in [0.1, 0.15) is 50.3 Å². The Labute approximate surface area is 126 Å². The SMILES string of the molecule is Cc1ccc(C)n1-c1cc(C(C)(C)C)n(C2CCOC2)n1. The normalized spacial score (nSPS) is 19.4. The van der Waals surface area contributed by atoms with Crippen LogP contribution in [0.5, 0.6) is 0 Å². The number of hydrogen-bond donors (Lipinski definition) is 0. The molecule has 0 radical (unpaired) electrons. The molecule has 1 saturated heterocycles. The molecule has 4 nitrogen and oxygen atoms in total. The van der Waals surface area contributed by atoms with Crippen molar-refractivity contribution in [1.82, 2.24) is 14.3 Å². The molecular weight excluding hydrogens is 262 g/mol. The summed E-state index contributed by atoms with van der Waals surface area (Å²) in [6, 6.07) is 6.88. The highest BCUT2D eigenvalue weighted by Crippen LogP contribution is 2.30. The molecule has 3 heterocycles. The maximum absolute atomic E-state index is 5.56. The molecule has 0 aliphatic carbocycles. The number of aromatic nitrogens is 3. The molecule has 2 aromatic rings. The average Bonchev–Trinajstić information content (AvgIpc) is 3.07. The van der Waals surface area contributed by atoms with E-state index in [2.05, 4.69) is 62.1 Å². The summed E-state index contributed by atoms with van der Waals surface area (Å²) in [5.41, 5.74) is 3.80. The van der Waals surface area contributed by atoms with E-state index in [4.69, 9.17) is 9.84 Å². The Balaban J connectivity index is 2.12. The molecule has 0 aromatic carbocycles. The van der Waals surface area contributed by atoms with Gasteiger partial charge in [0.25, 0.3) is 0 Å². The summed E-state index contributed by atoms with van der Waals surface area (Å²) in [6.45, 7) is 12.6. The first-order valence-electron chi connectivity index (χ1n) is 7.71. The van der Waals surface area contributed by atoms with Gasteiger partial charge in [-0.1, -0.05) is 20.8 Å². The summed E-state index contributed by atoms with van der Waals surface area (Å²) in [5.74, 6) is 1.02. The predicted molar refractivity (Wildman–Crippen MR) is 84.2 cm³/mol. The fraction of sp³-hybridized carbons (Fsp3) is 0.588. The van der Waals surface area contributed by atoms with E-state index in [-0.39, 0.29) is 5.41 Å². The second-order valence-corrected chi connectivity index (χ2v) is 7.05. The summed E-state index contributed by atoms with van der Waals surface area (Å²) in [6.07, 6.45) is 1.05. The maximum atomic E-state index is 5.56. The van der Waals surface area contributed by atoms with E-state index in [0.717, 1.165) is 25.5 Å². The molecule has 2 aromatic heterocycles. The molecule has 0 spiro atoms. The molecule has 21 heavy (non-hydrogen) atoms. The molecule has 1 unspecified atom stereocenters. The highest BCUT2D eigenvalue weighted by molar-refractivity contribution is 5.35. The molecule has 0 amide bonds. The minimum absolute atomic E-state index is 0.0722. The second kappa shape index (κ2) is 5.02. The lowest BCUT2D eigenvalue weighted by molar-refractivity contribution is 0.183. The molecule has 1 fully saturated rings. The van der Waals surface area contributed by atoms with E-state index in [1.165, 1.54) is 17.1 Å². The van der Waals surface area contributed by atoms with Crippen molar-refractivity contribution < 1.29 is 4.74 Å². The highest BCUT2D eigenvalue weighted by Gasteiger charge is 2.28. The van der Waals surface area contributed by atoms with E-state index in [1.54, 1.807) is 0 Å². The maximum Gasteiger partial charge on any atom is 0.159 e. The van der Waals surface area contributed by atoms with Gasteiger partial charge in [0.05, 0.1) is 12.6 Å². The first-order valence-corrected chi connectivity index (χ1v) is 7.71. The Bertz CT molecular complexity index is 620. The van der Waals surface area contributed by atoms with Crippen LogP contribution in [-0.2, 0) is 10.2 Å². The summed E-state index contributed by atoms with van der Waals surface area (Å²) in [4.78, 5) is 0. The Hall–Kier alpha value is -1.55. The van der Waals surface area contributed by atoms with Gasteiger partial charge in [-0.2, -0.15) is 5.10 Å². The van der Waals surface area contributed by atoms with Gasteiger partial charge in [0.1, 0.15) is 0 Å². The molecule has 0 bridgehead atoms. The summed E-state index contributed by atoms with van der Waals surface area (Å²) < 4.78 is 9.98. The first-order chi connectivity index (χ1) is 9.88. The van der Waals surface area contributed by atoms with Crippen LogP contribution < -0.4 is 0 Å². The summed E-state index contributed by atoms with van der Waals surface area (Å²) in [5, 5.41) is 4.92. The molecule has 114 valence electrons. The fourth-order valence-electron chi connectivity index (χ4n) is 3.07. The lowest BCUT2D eigenvalue weighted by Crippen LogP contribution is -2.22. The van der Waals surface area contributed by atoms with Gasteiger partial charge in [-0.15, -0.1) is 0 Å². The van der Waals surface area contributed by atoms with Crippen molar-refractivity contribution >= 4 is 0 Å². The largest absolute Gasteiger partial charge is 0.379 e. The monoisotopic (exact) mass is 287 g/mol. The summed E-state index contributed by atoms with van der Waals surface area (Å²) in [7, 11) is 0. The van der Waals surface area contributed by atoms with Crippen LogP contribution in [0.3, 0.4) is 0 Å². The first kappa shape index (κ1) is 14.4. The van der Waals surface area contributed by atoms with E-state index in [1.807, 2.05) is 0 Å². The minimum atomic E-state index is 0.0722. The smallest absolute Gasteiger partial charge is 0.159 e. The van der Waals surface area contributed by atoms with Crippen molar-refractivity contribution in [3.63, 3.8) is 0 Å². The molecule has 1 atom stereocenters. The average molecular weight is 287 g/mol. The number of ether oxygens (including phenoxy) is 1. The van der Waals surface area contributed by atoms with Crippen molar-refractivity contribution in [2.24, 2.45) is 0 Å². The highest BCUT2D eigenvalue weighted by atomic mass is 16.5. The van der Waals surface area contributed by atoms with Crippen molar-refractivity contribution in [3.05, 3.63) is 35.3 Å². The van der Waals surface area contributed by atoms with Crippen molar-refractivity contribution in [3.8, 4) is 5.82 Å². The Morgan fingerprint density at radius 3 is 2.38 bits per heavy atom. The van der Waals surface area contributed by atoms with Crippen LogP contribution in [-0.4, -0.2) is 27.6 Å². The Morgan fingerprint density at radius 2 is 1.86 bits per heavy atom. The molecule has 1 aliphatic heterocycles. The van der Waals surface area contributed by atoms with Gasteiger partial charge in [-0.3, -0.25) is 4.68 Å². The molecule has 4 heteroatoms. The van der Waals surface area contributed by atoms with Crippen LogP contribution >= 0.6 is 0 Å². The predicted octanol–water partition coefficient (Wildman–Crippen LogP) is 3.55. The van der Waals surface area contributed by atoms with Crippen molar-refractivity contribution in [1.29, 1.82) is 0 Å². The third kappa shape index (κ3) is 2.53. The molecule has 0 saturated carbocycles. The zero-order valence-electron chi connectivity index (χ0n) is 13.7. The van der Waals surface area contributed by atoms with Crippen molar-refractivity contribution in [2.75, 3.05) is 13.2 Å². The van der Waals surface area contributed by atoms with E-state index in [9.17, 15) is 0 Å². The second-order valence-electron chi connectivity index (χ2n) is 7.05. The van der Waals surface area contributed by atoms with Gasteiger partial charge in [0.15, 0.2) is 5.82 Å². The standard InChI is InChI=1S/C17H25N3O/c1-12-6-7-13(2)19(12)16-10-15(17(3,4)5)20(18-16)14-8-9-21-11-14/h6-7,10,14H,8-9,11H2,1-5H3. The minimum Gasteiger partial charge on any atom is -0.379 e. The Morgan fingerprint density at radius 1 is 1.19 bits per heavy atom. The van der Waals surface area contributed by atoms with Gasteiger partial charge in [0.2, 0.25) is 0 Å². The van der Waals surface area contributed by atoms with Crippen LogP contribution in [0, 0.1) is 13.8 Å². The van der Waals surface area contributed by atoms with Gasteiger partial charge in [-0.25, -0.2) is 0 Å². The Kier molecular flexibility index (Phi) is 3.44. The number of rotatable bonds is 2. The van der Waals surface area contributed by atoms with Crippen LogP contribution in [0.25, 0.3) is 5.82 Å². The number of nitrogens with zero attached hydrogens (tertiary/aromatic N) is 3. The topological polar surface area (TPSA) is 32.0 Å². The fourth-order valence-corrected chi connectivity index (χ4v) is 3.07. The molecule has 0 N–H and O–H groups in total. The van der Waals surface area contributed by atoms with E-state index < -0.39 is 0 Å². The van der Waals surface area contributed by atoms with E-state index >= 15 is 0 Å². The van der Waals surface area contributed by atoms with Gasteiger partial charge < -0.3 is 9.30 Å². The quantitative estimate of drug-likeness (QED) is 0.846. The molecule has 1 aliphatic rings. The van der Waals surface area contributed by atoms with Crippen LogP contribution in [0.4, 0.5) is 0 Å². The van der Waals surface area contributed by atoms with Gasteiger partial charge >= 0.3 is 0 Å². The van der Waals surface area contributed by atoms with Crippen LogP contribution in [0.15, 0.2) is 18.2 Å². The number of hydrogen-bond acceptors (Lipinski definition) is 2. The van der Waals surface area contributed by atoms with E-state index in [0.29, 0.717) is 6.04 Å². The summed E-state index contributed by atoms with van der Waals surface area (Å²) >= 11 is 0. The lowest BCUT2D eigenvalue weighted by atomic mass is 9.91. The zero-order valence-corrected chi connectivity index (χ0v) is 13.7. The zero-order chi connectivity index (χ0) is 15.2. The van der Waals surface area contributed by atoms with Crippen LogP contribution in [0.2, 0.25) is 0 Å². The third-order valence-corrected chi connectivity index (χ3v) is 4.24. The van der Waals surface area contributed by atoms with Crippen molar-refractivity contribution in [2.45, 2.75) is 52.5 Å². The molecule has 3 rings (SSSR count). The molecular formula is C17H25N3O. The number of aryl methyl sites for hydroxylation is 2. The lowest BCUT2D eigenvalue weighted by Gasteiger charge is -2.22. The van der Waals surface area contributed by atoms with Gasteiger partial charge in [0, 0.05) is 35.2 Å². The van der Waals surface area contributed by atoms with Gasteiger partial charge in [-0.05, 0) is 32.4 Å².